The largest absolute Gasteiger partial charge is 0.305 e. The Hall–Kier alpha value is -1.15. The Morgan fingerprint density at radius 2 is 1.94 bits per heavy atom. The molecule has 1 rings (SSSR count). The van der Waals surface area contributed by atoms with Crippen molar-refractivity contribution in [1.29, 1.82) is 0 Å². The normalized spacial score (nSPS) is 14.6. The maximum absolute atomic E-state index is 11.0. The summed E-state index contributed by atoms with van der Waals surface area (Å²) in [6, 6.07) is 10.5. The first kappa shape index (κ1) is 13.9. The third-order valence-corrected chi connectivity index (χ3v) is 3.35. The summed E-state index contributed by atoms with van der Waals surface area (Å²) in [6.07, 6.45) is 3.02. The lowest BCUT2D eigenvalue weighted by Gasteiger charge is -2.27. The average Bonchev–Trinajstić information content (AvgIpc) is 2.37. The van der Waals surface area contributed by atoms with Crippen LogP contribution in [0.15, 0.2) is 30.3 Å². The summed E-state index contributed by atoms with van der Waals surface area (Å²) in [6.45, 7) is 5.92. The fourth-order valence-electron chi connectivity index (χ4n) is 1.89. The van der Waals surface area contributed by atoms with Gasteiger partial charge in [-0.25, -0.2) is 0 Å². The Morgan fingerprint density at radius 3 is 2.47 bits per heavy atom. The molecular weight excluding hydrogens is 210 g/mol. The summed E-state index contributed by atoms with van der Waals surface area (Å²) < 4.78 is 0. The molecule has 17 heavy (non-hydrogen) atoms. The molecular formula is C15H23NO. The molecule has 0 radical (unpaired) electrons. The summed E-state index contributed by atoms with van der Waals surface area (Å²) >= 11 is 0. The molecule has 0 saturated heterocycles. The van der Waals surface area contributed by atoms with Crippen LogP contribution in [0.4, 0.5) is 0 Å². The van der Waals surface area contributed by atoms with Gasteiger partial charge >= 0.3 is 0 Å². The number of hydrogen-bond acceptors (Lipinski definition) is 2. The molecule has 1 aromatic carbocycles. The van der Waals surface area contributed by atoms with Gasteiger partial charge in [-0.1, -0.05) is 44.2 Å². The fourth-order valence-corrected chi connectivity index (χ4v) is 1.89. The van der Waals surface area contributed by atoms with Gasteiger partial charge in [0.15, 0.2) is 0 Å². The molecule has 0 saturated carbocycles. The van der Waals surface area contributed by atoms with Crippen molar-refractivity contribution < 1.29 is 4.79 Å². The Bertz CT molecular complexity index is 336. The van der Waals surface area contributed by atoms with Gasteiger partial charge in [-0.05, 0) is 25.5 Å². The molecule has 0 spiro atoms. The van der Waals surface area contributed by atoms with Crippen LogP contribution in [-0.4, -0.2) is 31.3 Å². The molecule has 2 heteroatoms. The minimum absolute atomic E-state index is 0.203. The van der Waals surface area contributed by atoms with E-state index in [1.807, 2.05) is 13.0 Å². The molecule has 1 atom stereocenters. The SMILES string of the molecule is CCC(C)(C=O)CN(C)CCc1ccccc1. The lowest BCUT2D eigenvalue weighted by Crippen LogP contribution is -2.35. The molecule has 0 bridgehead atoms. The Morgan fingerprint density at radius 1 is 1.29 bits per heavy atom. The maximum atomic E-state index is 11.0. The lowest BCUT2D eigenvalue weighted by atomic mass is 9.89. The summed E-state index contributed by atoms with van der Waals surface area (Å²) in [5.41, 5.74) is 1.15. The zero-order valence-electron chi connectivity index (χ0n) is 11.1. The van der Waals surface area contributed by atoms with E-state index in [1.54, 1.807) is 0 Å². The lowest BCUT2D eigenvalue weighted by molar-refractivity contribution is -0.116. The molecule has 94 valence electrons. The zero-order chi connectivity index (χ0) is 12.7. The van der Waals surface area contributed by atoms with E-state index >= 15 is 0 Å². The fraction of sp³-hybridized carbons (Fsp3) is 0.533. The predicted molar refractivity (Wildman–Crippen MR) is 72.1 cm³/mol. The highest BCUT2D eigenvalue weighted by molar-refractivity contribution is 5.58. The second kappa shape index (κ2) is 6.55. The van der Waals surface area contributed by atoms with E-state index in [2.05, 4.69) is 43.1 Å². The highest BCUT2D eigenvalue weighted by Crippen LogP contribution is 2.18. The monoisotopic (exact) mass is 233 g/mol. The number of aldehydes is 1. The summed E-state index contributed by atoms with van der Waals surface area (Å²) in [5, 5.41) is 0. The third-order valence-electron chi connectivity index (χ3n) is 3.35. The number of carbonyl (C=O) groups is 1. The topological polar surface area (TPSA) is 20.3 Å². The molecule has 0 fully saturated rings. The first-order chi connectivity index (χ1) is 8.09. The van der Waals surface area contributed by atoms with E-state index in [1.165, 1.54) is 5.56 Å². The van der Waals surface area contributed by atoms with Crippen LogP contribution < -0.4 is 0 Å². The number of hydrogen-bond donors (Lipinski definition) is 0. The van der Waals surface area contributed by atoms with E-state index in [-0.39, 0.29) is 5.41 Å². The second-order valence-electron chi connectivity index (χ2n) is 5.10. The van der Waals surface area contributed by atoms with Crippen molar-refractivity contribution in [3.8, 4) is 0 Å². The van der Waals surface area contributed by atoms with E-state index in [0.717, 1.165) is 32.2 Å². The van der Waals surface area contributed by atoms with Gasteiger partial charge < -0.3 is 9.69 Å². The van der Waals surface area contributed by atoms with Crippen molar-refractivity contribution in [1.82, 2.24) is 4.90 Å². The van der Waals surface area contributed by atoms with Crippen molar-refractivity contribution in [2.75, 3.05) is 20.1 Å². The minimum atomic E-state index is -0.203. The summed E-state index contributed by atoms with van der Waals surface area (Å²) in [7, 11) is 2.08. The van der Waals surface area contributed by atoms with Crippen molar-refractivity contribution >= 4 is 6.29 Å². The number of benzene rings is 1. The maximum Gasteiger partial charge on any atom is 0.127 e. The number of carbonyl (C=O) groups excluding carboxylic acids is 1. The molecule has 2 nitrogen and oxygen atoms in total. The smallest absolute Gasteiger partial charge is 0.127 e. The van der Waals surface area contributed by atoms with Crippen molar-refractivity contribution in [2.24, 2.45) is 5.41 Å². The Kier molecular flexibility index (Phi) is 5.36. The number of rotatable bonds is 7. The van der Waals surface area contributed by atoms with E-state index in [0.29, 0.717) is 0 Å². The van der Waals surface area contributed by atoms with E-state index in [4.69, 9.17) is 0 Å². The quantitative estimate of drug-likeness (QED) is 0.675. The van der Waals surface area contributed by atoms with Crippen LogP contribution in [0.1, 0.15) is 25.8 Å². The second-order valence-corrected chi connectivity index (χ2v) is 5.10. The van der Waals surface area contributed by atoms with Gasteiger partial charge in [-0.15, -0.1) is 0 Å². The standard InChI is InChI=1S/C15H23NO/c1-4-15(2,13-17)12-16(3)11-10-14-8-6-5-7-9-14/h5-9,13H,4,10-12H2,1-3H3. The highest BCUT2D eigenvalue weighted by Gasteiger charge is 2.22. The predicted octanol–water partition coefficient (Wildman–Crippen LogP) is 2.78. The van der Waals surface area contributed by atoms with Gasteiger partial charge in [0.1, 0.15) is 6.29 Å². The molecule has 1 unspecified atom stereocenters. The molecule has 0 aliphatic carbocycles. The van der Waals surface area contributed by atoms with Crippen molar-refractivity contribution in [3.05, 3.63) is 35.9 Å². The van der Waals surface area contributed by atoms with Crippen LogP contribution in [-0.2, 0) is 11.2 Å². The van der Waals surface area contributed by atoms with Gasteiger partial charge in [0, 0.05) is 18.5 Å². The molecule has 1 aromatic rings. The molecule has 0 amide bonds. The van der Waals surface area contributed by atoms with Gasteiger partial charge in [0.2, 0.25) is 0 Å². The van der Waals surface area contributed by atoms with Gasteiger partial charge in [0.25, 0.3) is 0 Å². The Balaban J connectivity index is 2.40. The molecule has 0 aliphatic heterocycles. The molecule has 0 heterocycles. The van der Waals surface area contributed by atoms with Gasteiger partial charge in [0.05, 0.1) is 0 Å². The van der Waals surface area contributed by atoms with Crippen LogP contribution >= 0.6 is 0 Å². The van der Waals surface area contributed by atoms with Crippen LogP contribution in [0.25, 0.3) is 0 Å². The summed E-state index contributed by atoms with van der Waals surface area (Å²) in [5.74, 6) is 0. The zero-order valence-corrected chi connectivity index (χ0v) is 11.1. The van der Waals surface area contributed by atoms with Gasteiger partial charge in [-0.3, -0.25) is 0 Å². The van der Waals surface area contributed by atoms with Crippen molar-refractivity contribution in [2.45, 2.75) is 26.7 Å². The third kappa shape index (κ3) is 4.70. The molecule has 0 aromatic heterocycles. The van der Waals surface area contributed by atoms with Gasteiger partial charge in [-0.2, -0.15) is 0 Å². The van der Waals surface area contributed by atoms with Crippen LogP contribution in [0, 0.1) is 5.41 Å². The average molecular weight is 233 g/mol. The summed E-state index contributed by atoms with van der Waals surface area (Å²) in [4.78, 5) is 13.3. The molecule has 0 aliphatic rings. The first-order valence-electron chi connectivity index (χ1n) is 6.28. The minimum Gasteiger partial charge on any atom is -0.305 e. The molecule has 0 N–H and O–H groups in total. The number of likely N-dealkylation sites (N-methyl/N-ethyl adjacent to an activating group) is 1. The number of nitrogens with zero attached hydrogens (tertiary/aromatic N) is 1. The van der Waals surface area contributed by atoms with Crippen LogP contribution in [0.5, 0.6) is 0 Å². The highest BCUT2D eigenvalue weighted by atomic mass is 16.1. The Labute approximate surface area is 105 Å². The first-order valence-corrected chi connectivity index (χ1v) is 6.28. The van der Waals surface area contributed by atoms with E-state index in [9.17, 15) is 4.79 Å². The van der Waals surface area contributed by atoms with Crippen LogP contribution in [0.3, 0.4) is 0 Å². The van der Waals surface area contributed by atoms with Crippen molar-refractivity contribution in [3.63, 3.8) is 0 Å². The van der Waals surface area contributed by atoms with Crippen LogP contribution in [0.2, 0.25) is 0 Å². The van der Waals surface area contributed by atoms with E-state index < -0.39 is 0 Å².